The molecule has 0 radical (unpaired) electrons. The van der Waals surface area contributed by atoms with Crippen molar-refractivity contribution < 1.29 is 0 Å². The second kappa shape index (κ2) is 13.1. The number of rotatable bonds is 4. The number of fused-ring (bicyclic) bond motifs is 8. The molecule has 7 aromatic carbocycles. The Labute approximate surface area is 354 Å². The Kier molecular flexibility index (Phi) is 7.99. The third-order valence-electron chi connectivity index (χ3n) is 16.2. The van der Waals surface area contributed by atoms with Crippen molar-refractivity contribution in [1.82, 2.24) is 0 Å². The molecule has 0 amide bonds. The number of hydrogen-bond donors (Lipinski definition) is 0. The van der Waals surface area contributed by atoms with E-state index in [4.69, 9.17) is 6.57 Å². The molecule has 4 unspecified atom stereocenters. The Hall–Kier alpha value is -6.36. The van der Waals surface area contributed by atoms with E-state index in [-0.39, 0.29) is 21.9 Å². The SMILES string of the molecule is [C-]#[N+]c1cccc(-c2c3ccc(N4c5ccccc5C5(C)CCCCC45C)cc3c(-c3cccc(C#N)c3)c3ccc(N4c5ccccc5C5(C)CCCCC45C)cc23)c1. The first-order valence-electron chi connectivity index (χ1n) is 22.0. The summed E-state index contributed by atoms with van der Waals surface area (Å²) in [4.78, 5) is 9.24. The van der Waals surface area contributed by atoms with Crippen molar-refractivity contribution in [2.45, 2.75) is 101 Å². The summed E-state index contributed by atoms with van der Waals surface area (Å²) in [6.07, 6.45) is 9.51. The first kappa shape index (κ1) is 36.7. The maximum absolute atomic E-state index is 10.2. The maximum atomic E-state index is 10.2. The van der Waals surface area contributed by atoms with Crippen molar-refractivity contribution in [1.29, 1.82) is 5.26 Å². The minimum Gasteiger partial charge on any atom is -0.334 e. The second-order valence-electron chi connectivity index (χ2n) is 18.9. The van der Waals surface area contributed by atoms with Gasteiger partial charge in [-0.25, -0.2) is 4.85 Å². The van der Waals surface area contributed by atoms with Crippen molar-refractivity contribution in [2.75, 3.05) is 9.80 Å². The summed E-state index contributed by atoms with van der Waals surface area (Å²) in [7, 11) is 0. The van der Waals surface area contributed by atoms with Gasteiger partial charge in [0.15, 0.2) is 5.69 Å². The molecule has 4 nitrogen and oxygen atoms in total. The van der Waals surface area contributed by atoms with Crippen LogP contribution >= 0.6 is 0 Å². The Bertz CT molecular complexity index is 2820. The standard InChI is InChI=1S/C56H50N4/c1-53-28-10-12-30-55(53,3)59(49-22-8-6-20-47(49)53)41-25-27-44-45(34-41)51(38-17-14-16-37(32-38)36-57)43-26-24-42(35-46(43)52(44)39-18-15-19-40(33-39)58-5)60-50-23-9-7-21-48(50)54(2)29-11-13-31-56(54,60)4/h6-9,14-27,32-35H,10-13,28-31H2,1-4H3. The minimum absolute atomic E-state index is 0.0329. The number of nitrogens with zero attached hydrogens (tertiary/aromatic N) is 4. The third-order valence-corrected chi connectivity index (χ3v) is 16.2. The predicted octanol–water partition coefficient (Wildman–Crippen LogP) is 15.2. The summed E-state index contributed by atoms with van der Waals surface area (Å²) in [6, 6.07) is 51.2. The molecule has 0 aromatic heterocycles. The molecule has 0 bridgehead atoms. The number of benzene rings is 7. The van der Waals surface area contributed by atoms with Gasteiger partial charge in [-0.05, 0) is 149 Å². The van der Waals surface area contributed by atoms with Gasteiger partial charge in [0.1, 0.15) is 0 Å². The highest BCUT2D eigenvalue weighted by molar-refractivity contribution is 6.22. The van der Waals surface area contributed by atoms with Gasteiger partial charge in [0.2, 0.25) is 0 Å². The summed E-state index contributed by atoms with van der Waals surface area (Å²) < 4.78 is 0. The van der Waals surface area contributed by atoms with E-state index >= 15 is 0 Å². The number of para-hydroxylation sites is 2. The summed E-state index contributed by atoms with van der Waals surface area (Å²) in [5, 5.41) is 14.8. The van der Waals surface area contributed by atoms with Crippen LogP contribution in [-0.2, 0) is 10.8 Å². The van der Waals surface area contributed by atoms with E-state index in [1.165, 1.54) is 72.4 Å². The zero-order valence-electron chi connectivity index (χ0n) is 35.1. The third kappa shape index (κ3) is 4.83. The van der Waals surface area contributed by atoms with Crippen molar-refractivity contribution in [2.24, 2.45) is 0 Å². The Morgan fingerprint density at radius 2 is 1.00 bits per heavy atom. The predicted molar refractivity (Wildman–Crippen MR) is 249 cm³/mol. The monoisotopic (exact) mass is 778 g/mol. The van der Waals surface area contributed by atoms with Gasteiger partial charge in [0.25, 0.3) is 0 Å². The van der Waals surface area contributed by atoms with Gasteiger partial charge in [-0.15, -0.1) is 0 Å². The molecule has 4 aliphatic rings. The van der Waals surface area contributed by atoms with Crippen LogP contribution in [-0.4, -0.2) is 11.1 Å². The van der Waals surface area contributed by atoms with Gasteiger partial charge >= 0.3 is 0 Å². The fraction of sp³-hybridized carbons (Fsp3) is 0.286. The molecular weight excluding hydrogens is 729 g/mol. The maximum Gasteiger partial charge on any atom is 0.187 e. The Morgan fingerprint density at radius 1 is 0.517 bits per heavy atom. The molecule has 4 heteroatoms. The molecule has 0 N–H and O–H groups in total. The van der Waals surface area contributed by atoms with E-state index in [1.54, 1.807) is 0 Å². The summed E-state index contributed by atoms with van der Waals surface area (Å²) in [6.45, 7) is 18.0. The molecule has 2 saturated carbocycles. The highest BCUT2D eigenvalue weighted by Crippen LogP contribution is 2.63. The van der Waals surface area contributed by atoms with Gasteiger partial charge in [-0.3, -0.25) is 0 Å². The van der Waals surface area contributed by atoms with Gasteiger partial charge in [-0.1, -0.05) is 118 Å². The molecule has 11 rings (SSSR count). The van der Waals surface area contributed by atoms with Crippen LogP contribution in [0.2, 0.25) is 0 Å². The lowest BCUT2D eigenvalue weighted by molar-refractivity contribution is 0.195. The van der Waals surface area contributed by atoms with Crippen molar-refractivity contribution >= 4 is 50.0 Å². The molecule has 4 atom stereocenters. The Balaban J connectivity index is 1.24. The number of anilines is 4. The van der Waals surface area contributed by atoms with Gasteiger partial charge < -0.3 is 9.80 Å². The molecule has 60 heavy (non-hydrogen) atoms. The zero-order valence-corrected chi connectivity index (χ0v) is 35.1. The Morgan fingerprint density at radius 3 is 1.52 bits per heavy atom. The molecule has 2 aliphatic heterocycles. The van der Waals surface area contributed by atoms with Crippen LogP contribution in [0.15, 0.2) is 133 Å². The van der Waals surface area contributed by atoms with E-state index in [2.05, 4.69) is 158 Å². The minimum atomic E-state index is -0.0855. The molecule has 294 valence electrons. The van der Waals surface area contributed by atoms with Crippen molar-refractivity contribution in [3.05, 3.63) is 162 Å². The lowest BCUT2D eigenvalue weighted by Gasteiger charge is -2.50. The van der Waals surface area contributed by atoms with E-state index in [0.717, 1.165) is 56.6 Å². The van der Waals surface area contributed by atoms with E-state index in [0.29, 0.717) is 11.3 Å². The molecule has 2 heterocycles. The van der Waals surface area contributed by atoms with E-state index in [1.807, 2.05) is 24.3 Å². The highest BCUT2D eigenvalue weighted by atomic mass is 15.3. The van der Waals surface area contributed by atoms with E-state index < -0.39 is 0 Å². The van der Waals surface area contributed by atoms with Gasteiger partial charge in [-0.2, -0.15) is 5.26 Å². The zero-order chi connectivity index (χ0) is 41.0. The number of nitriles is 1. The van der Waals surface area contributed by atoms with Crippen LogP contribution in [0, 0.1) is 17.9 Å². The van der Waals surface area contributed by atoms with Crippen LogP contribution in [0.1, 0.15) is 95.8 Å². The highest BCUT2D eigenvalue weighted by Gasteiger charge is 2.58. The normalized spacial score (nSPS) is 25.3. The van der Waals surface area contributed by atoms with Crippen LogP contribution in [0.5, 0.6) is 0 Å². The van der Waals surface area contributed by atoms with E-state index in [9.17, 15) is 5.26 Å². The summed E-state index contributed by atoms with van der Waals surface area (Å²) in [5.74, 6) is 0. The summed E-state index contributed by atoms with van der Waals surface area (Å²) >= 11 is 0. The lowest BCUT2D eigenvalue weighted by Crippen LogP contribution is -2.54. The van der Waals surface area contributed by atoms with Gasteiger partial charge in [0.05, 0.1) is 29.3 Å². The summed E-state index contributed by atoms with van der Waals surface area (Å²) in [5.41, 5.74) is 13.4. The van der Waals surface area contributed by atoms with Crippen LogP contribution in [0.4, 0.5) is 28.4 Å². The van der Waals surface area contributed by atoms with Crippen LogP contribution < -0.4 is 9.80 Å². The molecule has 2 aliphatic carbocycles. The fourth-order valence-corrected chi connectivity index (χ4v) is 12.8. The molecule has 7 aromatic rings. The fourth-order valence-electron chi connectivity index (χ4n) is 12.8. The average molecular weight is 779 g/mol. The molecule has 0 spiro atoms. The second-order valence-corrected chi connectivity index (χ2v) is 18.9. The molecular formula is C56H50N4. The van der Waals surface area contributed by atoms with Crippen molar-refractivity contribution in [3.63, 3.8) is 0 Å². The molecule has 0 saturated heterocycles. The molecule has 2 fully saturated rings. The first-order chi connectivity index (χ1) is 29.1. The van der Waals surface area contributed by atoms with Crippen molar-refractivity contribution in [3.8, 4) is 28.3 Å². The quantitative estimate of drug-likeness (QED) is 0.132. The smallest absolute Gasteiger partial charge is 0.187 e. The van der Waals surface area contributed by atoms with Crippen LogP contribution in [0.3, 0.4) is 0 Å². The lowest BCUT2D eigenvalue weighted by atomic mass is 9.61. The average Bonchev–Trinajstić information content (AvgIpc) is 3.63. The largest absolute Gasteiger partial charge is 0.334 e. The van der Waals surface area contributed by atoms with Crippen LogP contribution in [0.25, 0.3) is 48.6 Å². The number of hydrogen-bond acceptors (Lipinski definition) is 3. The van der Waals surface area contributed by atoms with Gasteiger partial charge in [0, 0.05) is 33.6 Å². The topological polar surface area (TPSA) is 34.6 Å². The first-order valence-corrected chi connectivity index (χ1v) is 22.0.